The first-order valence-corrected chi connectivity index (χ1v) is 11.0. The monoisotopic (exact) mass is 423 g/mol. The van der Waals surface area contributed by atoms with E-state index in [4.69, 9.17) is 4.74 Å². The van der Waals surface area contributed by atoms with Crippen molar-refractivity contribution in [2.75, 3.05) is 11.5 Å². The fourth-order valence-electron chi connectivity index (χ4n) is 4.63. The molecule has 0 saturated heterocycles. The van der Waals surface area contributed by atoms with E-state index in [0.29, 0.717) is 23.8 Å². The summed E-state index contributed by atoms with van der Waals surface area (Å²) in [6, 6.07) is 9.78. The zero-order valence-corrected chi connectivity index (χ0v) is 18.0. The van der Waals surface area contributed by atoms with E-state index in [1.54, 1.807) is 36.1 Å². The molecule has 2 amide bonds. The van der Waals surface area contributed by atoms with E-state index in [1.165, 1.54) is 6.42 Å². The van der Waals surface area contributed by atoms with Gasteiger partial charge in [0.25, 0.3) is 0 Å². The van der Waals surface area contributed by atoms with E-state index in [9.17, 15) is 14.4 Å². The normalized spacial score (nSPS) is 23.2. The molecule has 2 aromatic rings. The Morgan fingerprint density at radius 2 is 1.87 bits per heavy atom. The summed E-state index contributed by atoms with van der Waals surface area (Å²) in [5.74, 6) is -0.319. The number of ether oxygens (including phenoxy) is 1. The third kappa shape index (κ3) is 4.22. The minimum Gasteiger partial charge on any atom is -0.462 e. The van der Waals surface area contributed by atoms with Gasteiger partial charge in [-0.3, -0.25) is 14.5 Å². The van der Waals surface area contributed by atoms with Crippen LogP contribution < -0.4 is 10.2 Å². The molecule has 0 radical (unpaired) electrons. The summed E-state index contributed by atoms with van der Waals surface area (Å²) in [6.45, 7) is 4.39. The number of aromatic nitrogens is 1. The van der Waals surface area contributed by atoms with Crippen LogP contribution in [0.15, 0.2) is 42.6 Å². The highest BCUT2D eigenvalue weighted by molar-refractivity contribution is 6.02. The Labute approximate surface area is 182 Å². The van der Waals surface area contributed by atoms with Crippen molar-refractivity contribution < 1.29 is 19.1 Å². The SMILES string of the molecule is CCOC(=O)c1ccc(N2C(=O)Cn3cccc3[C@@H]2C(=O)N[C@@H]2CCCC[C@@H]2C)cc1. The molecule has 1 N–H and O–H groups in total. The third-order valence-electron chi connectivity index (χ3n) is 6.32. The first-order chi connectivity index (χ1) is 15.0. The Morgan fingerprint density at radius 3 is 2.58 bits per heavy atom. The van der Waals surface area contributed by atoms with Gasteiger partial charge in [0, 0.05) is 17.9 Å². The molecule has 7 nitrogen and oxygen atoms in total. The van der Waals surface area contributed by atoms with E-state index in [-0.39, 0.29) is 24.4 Å². The van der Waals surface area contributed by atoms with Gasteiger partial charge in [-0.05, 0) is 62.1 Å². The van der Waals surface area contributed by atoms with Gasteiger partial charge in [0.2, 0.25) is 11.8 Å². The number of anilines is 1. The quantitative estimate of drug-likeness (QED) is 0.747. The Bertz CT molecular complexity index is 965. The van der Waals surface area contributed by atoms with Gasteiger partial charge in [0.05, 0.1) is 17.9 Å². The minimum atomic E-state index is -0.751. The van der Waals surface area contributed by atoms with Crippen molar-refractivity contribution in [3.63, 3.8) is 0 Å². The fraction of sp³-hybridized carbons (Fsp3) is 0.458. The van der Waals surface area contributed by atoms with Crippen LogP contribution in [0.1, 0.15) is 61.6 Å². The second kappa shape index (κ2) is 8.96. The molecule has 164 valence electrons. The molecule has 31 heavy (non-hydrogen) atoms. The van der Waals surface area contributed by atoms with Gasteiger partial charge >= 0.3 is 5.97 Å². The molecule has 1 aliphatic carbocycles. The molecule has 1 aliphatic heterocycles. The van der Waals surface area contributed by atoms with Crippen molar-refractivity contribution in [2.24, 2.45) is 5.92 Å². The molecule has 2 heterocycles. The lowest BCUT2D eigenvalue weighted by Gasteiger charge is -2.38. The predicted octanol–water partition coefficient (Wildman–Crippen LogP) is 3.45. The molecule has 2 aliphatic rings. The summed E-state index contributed by atoms with van der Waals surface area (Å²) < 4.78 is 6.87. The predicted molar refractivity (Wildman–Crippen MR) is 117 cm³/mol. The Morgan fingerprint density at radius 1 is 1.13 bits per heavy atom. The van der Waals surface area contributed by atoms with Gasteiger partial charge in [0.15, 0.2) is 6.04 Å². The Balaban J connectivity index is 1.64. The summed E-state index contributed by atoms with van der Waals surface area (Å²) in [5.41, 5.74) is 1.79. The number of hydrogen-bond donors (Lipinski definition) is 1. The Hall–Kier alpha value is -3.09. The lowest BCUT2D eigenvalue weighted by atomic mass is 9.85. The van der Waals surface area contributed by atoms with Crippen molar-refractivity contribution in [1.29, 1.82) is 0 Å². The van der Waals surface area contributed by atoms with E-state index >= 15 is 0 Å². The molecule has 4 rings (SSSR count). The maximum Gasteiger partial charge on any atom is 0.338 e. The van der Waals surface area contributed by atoms with Crippen LogP contribution in [0.25, 0.3) is 0 Å². The van der Waals surface area contributed by atoms with Crippen LogP contribution >= 0.6 is 0 Å². The topological polar surface area (TPSA) is 80.6 Å². The average Bonchev–Trinajstić information content (AvgIpc) is 3.22. The lowest BCUT2D eigenvalue weighted by Crippen LogP contribution is -2.52. The summed E-state index contributed by atoms with van der Waals surface area (Å²) in [7, 11) is 0. The number of nitrogens with one attached hydrogen (secondary N) is 1. The first-order valence-electron chi connectivity index (χ1n) is 11.0. The fourth-order valence-corrected chi connectivity index (χ4v) is 4.63. The Kier molecular flexibility index (Phi) is 6.11. The van der Waals surface area contributed by atoms with Crippen LogP contribution in [0.2, 0.25) is 0 Å². The molecule has 0 spiro atoms. The highest BCUT2D eigenvalue weighted by atomic mass is 16.5. The van der Waals surface area contributed by atoms with Crippen molar-refractivity contribution in [1.82, 2.24) is 9.88 Å². The standard InChI is InChI=1S/C24H29N3O4/c1-3-31-24(30)17-10-12-18(13-11-17)27-21(28)15-26-14-6-9-20(26)22(27)23(29)25-19-8-5-4-7-16(19)2/h6,9-14,16,19,22H,3-5,7-8,15H2,1-2H3,(H,25,29)/t16-,19+,22+/m0/s1. The number of carbonyl (C=O) groups excluding carboxylic acids is 3. The summed E-state index contributed by atoms with van der Waals surface area (Å²) in [5, 5.41) is 3.22. The maximum atomic E-state index is 13.5. The number of fused-ring (bicyclic) bond motifs is 1. The molecule has 1 aromatic carbocycles. The number of rotatable bonds is 5. The van der Waals surface area contributed by atoms with Crippen molar-refractivity contribution in [3.05, 3.63) is 53.9 Å². The smallest absolute Gasteiger partial charge is 0.338 e. The van der Waals surface area contributed by atoms with E-state index < -0.39 is 12.0 Å². The summed E-state index contributed by atoms with van der Waals surface area (Å²) in [4.78, 5) is 40.1. The zero-order chi connectivity index (χ0) is 22.0. The van der Waals surface area contributed by atoms with Gasteiger partial charge in [-0.25, -0.2) is 4.79 Å². The summed E-state index contributed by atoms with van der Waals surface area (Å²) >= 11 is 0. The zero-order valence-electron chi connectivity index (χ0n) is 18.0. The molecule has 1 aromatic heterocycles. The maximum absolute atomic E-state index is 13.5. The molecule has 0 bridgehead atoms. The molecule has 3 atom stereocenters. The first kappa shape index (κ1) is 21.2. The minimum absolute atomic E-state index is 0.120. The second-order valence-electron chi connectivity index (χ2n) is 8.37. The van der Waals surface area contributed by atoms with E-state index in [0.717, 1.165) is 25.0 Å². The van der Waals surface area contributed by atoms with Crippen molar-refractivity contribution in [3.8, 4) is 0 Å². The van der Waals surface area contributed by atoms with E-state index in [1.807, 2.05) is 22.9 Å². The number of carbonyl (C=O) groups is 3. The largest absolute Gasteiger partial charge is 0.462 e. The van der Waals surface area contributed by atoms with Crippen LogP contribution in [0.3, 0.4) is 0 Å². The van der Waals surface area contributed by atoms with Gasteiger partial charge in [-0.2, -0.15) is 0 Å². The summed E-state index contributed by atoms with van der Waals surface area (Å²) in [6.07, 6.45) is 6.19. The molecule has 0 unspecified atom stereocenters. The highest BCUT2D eigenvalue weighted by Crippen LogP contribution is 2.33. The lowest BCUT2D eigenvalue weighted by molar-refractivity contribution is -0.129. The van der Waals surface area contributed by atoms with Crippen LogP contribution in [-0.4, -0.2) is 35.0 Å². The molecule has 7 heteroatoms. The van der Waals surface area contributed by atoms with Crippen LogP contribution in [-0.2, 0) is 20.9 Å². The molecular weight excluding hydrogens is 394 g/mol. The van der Waals surface area contributed by atoms with Gasteiger partial charge in [-0.1, -0.05) is 19.8 Å². The van der Waals surface area contributed by atoms with Crippen LogP contribution in [0, 0.1) is 5.92 Å². The van der Waals surface area contributed by atoms with Crippen LogP contribution in [0.4, 0.5) is 5.69 Å². The number of benzene rings is 1. The molecule has 1 saturated carbocycles. The van der Waals surface area contributed by atoms with Crippen LogP contribution in [0.5, 0.6) is 0 Å². The molecule has 1 fully saturated rings. The third-order valence-corrected chi connectivity index (χ3v) is 6.32. The van der Waals surface area contributed by atoms with Crippen molar-refractivity contribution >= 4 is 23.5 Å². The number of esters is 1. The number of amides is 2. The van der Waals surface area contributed by atoms with Gasteiger partial charge in [-0.15, -0.1) is 0 Å². The number of hydrogen-bond acceptors (Lipinski definition) is 4. The second-order valence-corrected chi connectivity index (χ2v) is 8.37. The highest BCUT2D eigenvalue weighted by Gasteiger charge is 2.39. The molecular formula is C24H29N3O4. The van der Waals surface area contributed by atoms with Crippen molar-refractivity contribution in [2.45, 2.75) is 58.2 Å². The average molecular weight is 424 g/mol. The van der Waals surface area contributed by atoms with Gasteiger partial charge < -0.3 is 14.6 Å². The van der Waals surface area contributed by atoms with Gasteiger partial charge in [0.1, 0.15) is 6.54 Å². The van der Waals surface area contributed by atoms with E-state index in [2.05, 4.69) is 12.2 Å². The number of nitrogens with zero attached hydrogens (tertiary/aromatic N) is 2.